The zero-order valence-electron chi connectivity index (χ0n) is 16.1. The first-order valence-electron chi connectivity index (χ1n) is 9.78. The number of hydrogen-bond donors (Lipinski definition) is 0. The highest BCUT2D eigenvalue weighted by Crippen LogP contribution is 2.29. The normalized spacial score (nSPS) is 15.5. The summed E-state index contributed by atoms with van der Waals surface area (Å²) in [5.41, 5.74) is 3.94. The quantitative estimate of drug-likeness (QED) is 0.559. The van der Waals surface area contributed by atoms with Crippen LogP contribution in [0.1, 0.15) is 11.1 Å². The smallest absolute Gasteiger partial charge is 0.369 e. The second-order valence-corrected chi connectivity index (χ2v) is 7.37. The predicted molar refractivity (Wildman–Crippen MR) is 111 cm³/mol. The van der Waals surface area contributed by atoms with E-state index in [9.17, 15) is 13.2 Å². The molecular weight excluding hydrogens is 373 g/mol. The van der Waals surface area contributed by atoms with Crippen LogP contribution in [0.25, 0.3) is 11.1 Å². The van der Waals surface area contributed by atoms with Crippen LogP contribution in [0.4, 0.5) is 18.9 Å². The number of anilines is 1. The van der Waals surface area contributed by atoms with E-state index in [0.29, 0.717) is 6.54 Å². The number of alkyl halides is 3. The van der Waals surface area contributed by atoms with Crippen molar-refractivity contribution in [3.63, 3.8) is 0 Å². The van der Waals surface area contributed by atoms with Crippen LogP contribution in [0.3, 0.4) is 0 Å². The summed E-state index contributed by atoms with van der Waals surface area (Å²) in [6.07, 6.45) is -4.28. The van der Waals surface area contributed by atoms with E-state index in [4.69, 9.17) is 0 Å². The maximum atomic E-state index is 12.7. The fourth-order valence-corrected chi connectivity index (χ4v) is 3.72. The van der Waals surface area contributed by atoms with Gasteiger partial charge < -0.3 is 4.90 Å². The second-order valence-electron chi connectivity index (χ2n) is 7.37. The summed E-state index contributed by atoms with van der Waals surface area (Å²) in [5, 5.41) is 0. The molecule has 5 heteroatoms. The third-order valence-corrected chi connectivity index (χ3v) is 5.40. The molecule has 4 rings (SSSR count). The molecular formula is C24H23F3N2. The summed E-state index contributed by atoms with van der Waals surface area (Å²) in [6, 6.07) is 24.4. The zero-order valence-corrected chi connectivity index (χ0v) is 16.1. The van der Waals surface area contributed by atoms with Gasteiger partial charge in [0, 0.05) is 38.4 Å². The van der Waals surface area contributed by atoms with Crippen LogP contribution in [-0.2, 0) is 12.7 Å². The monoisotopic (exact) mass is 396 g/mol. The van der Waals surface area contributed by atoms with Gasteiger partial charge in [0.2, 0.25) is 0 Å². The van der Waals surface area contributed by atoms with Gasteiger partial charge in [0.1, 0.15) is 0 Å². The third kappa shape index (κ3) is 4.80. The van der Waals surface area contributed by atoms with Crippen molar-refractivity contribution < 1.29 is 13.2 Å². The van der Waals surface area contributed by atoms with Gasteiger partial charge in [-0.15, -0.1) is 0 Å². The van der Waals surface area contributed by atoms with Crippen molar-refractivity contribution in [2.75, 3.05) is 31.1 Å². The van der Waals surface area contributed by atoms with Gasteiger partial charge in [0.15, 0.2) is 0 Å². The van der Waals surface area contributed by atoms with Gasteiger partial charge in [-0.3, -0.25) is 4.90 Å². The summed E-state index contributed by atoms with van der Waals surface area (Å²) in [7, 11) is 0. The Labute approximate surface area is 169 Å². The molecule has 1 fully saturated rings. The van der Waals surface area contributed by atoms with Crippen molar-refractivity contribution >= 4 is 5.69 Å². The Morgan fingerprint density at radius 3 is 1.83 bits per heavy atom. The summed E-state index contributed by atoms with van der Waals surface area (Å²) < 4.78 is 38.1. The number of nitrogens with zero attached hydrogens (tertiary/aromatic N) is 2. The number of halogens is 3. The van der Waals surface area contributed by atoms with Gasteiger partial charge in [-0.25, -0.2) is 0 Å². The fourth-order valence-electron chi connectivity index (χ4n) is 3.72. The Kier molecular flexibility index (Phi) is 5.58. The average Bonchev–Trinajstić information content (AvgIpc) is 2.75. The van der Waals surface area contributed by atoms with Gasteiger partial charge in [-0.05, 0) is 41.0 Å². The Bertz CT molecular complexity index is 911. The SMILES string of the molecule is FC(F)(F)c1ccc(CN2CCN(c3ccc(-c4ccccc4)cc3)CC2)cc1. The molecule has 2 nitrogen and oxygen atoms in total. The summed E-state index contributed by atoms with van der Waals surface area (Å²) >= 11 is 0. The maximum Gasteiger partial charge on any atom is 0.416 e. The molecule has 1 aliphatic heterocycles. The van der Waals surface area contributed by atoms with Crippen LogP contribution in [0, 0.1) is 0 Å². The number of rotatable bonds is 4. The maximum absolute atomic E-state index is 12.7. The summed E-state index contributed by atoms with van der Waals surface area (Å²) in [4.78, 5) is 4.65. The molecule has 0 saturated carbocycles. The van der Waals surface area contributed by atoms with Crippen LogP contribution in [0.2, 0.25) is 0 Å². The molecule has 0 bridgehead atoms. The summed E-state index contributed by atoms with van der Waals surface area (Å²) in [6.45, 7) is 4.28. The fraction of sp³-hybridized carbons (Fsp3) is 0.250. The molecule has 0 N–H and O–H groups in total. The third-order valence-electron chi connectivity index (χ3n) is 5.40. The Hall–Kier alpha value is -2.79. The molecule has 0 aromatic heterocycles. The van der Waals surface area contributed by atoms with Gasteiger partial charge in [-0.1, -0.05) is 54.6 Å². The van der Waals surface area contributed by atoms with Crippen LogP contribution >= 0.6 is 0 Å². The van der Waals surface area contributed by atoms with Crippen LogP contribution in [0.5, 0.6) is 0 Å². The predicted octanol–water partition coefficient (Wildman–Crippen LogP) is 5.69. The summed E-state index contributed by atoms with van der Waals surface area (Å²) in [5.74, 6) is 0. The first-order chi connectivity index (χ1) is 14.0. The van der Waals surface area contributed by atoms with Gasteiger partial charge >= 0.3 is 6.18 Å². The molecule has 29 heavy (non-hydrogen) atoms. The molecule has 0 amide bonds. The topological polar surface area (TPSA) is 6.48 Å². The van der Waals surface area contributed by atoms with Gasteiger partial charge in [0.05, 0.1) is 5.56 Å². The van der Waals surface area contributed by atoms with Crippen molar-refractivity contribution in [2.24, 2.45) is 0 Å². The molecule has 1 heterocycles. The van der Waals surface area contributed by atoms with E-state index in [1.54, 1.807) is 12.1 Å². The number of piperazine rings is 1. The van der Waals surface area contributed by atoms with Crippen molar-refractivity contribution in [3.05, 3.63) is 90.0 Å². The minimum Gasteiger partial charge on any atom is -0.369 e. The number of hydrogen-bond acceptors (Lipinski definition) is 2. The zero-order chi connectivity index (χ0) is 20.3. The van der Waals surface area contributed by atoms with Crippen LogP contribution < -0.4 is 4.90 Å². The molecule has 3 aromatic carbocycles. The highest BCUT2D eigenvalue weighted by atomic mass is 19.4. The average molecular weight is 396 g/mol. The van der Waals surface area contributed by atoms with Crippen LogP contribution in [0.15, 0.2) is 78.9 Å². The Morgan fingerprint density at radius 1 is 0.655 bits per heavy atom. The van der Waals surface area contributed by atoms with Gasteiger partial charge in [0.25, 0.3) is 0 Å². The lowest BCUT2D eigenvalue weighted by atomic mass is 10.1. The van der Waals surface area contributed by atoms with E-state index in [2.05, 4.69) is 46.2 Å². The molecule has 0 spiro atoms. The molecule has 0 atom stereocenters. The van der Waals surface area contributed by atoms with E-state index in [1.165, 1.54) is 28.9 Å². The van der Waals surface area contributed by atoms with E-state index in [1.807, 2.05) is 18.2 Å². The van der Waals surface area contributed by atoms with Crippen molar-refractivity contribution in [2.45, 2.75) is 12.7 Å². The van der Waals surface area contributed by atoms with E-state index in [0.717, 1.165) is 31.7 Å². The van der Waals surface area contributed by atoms with E-state index < -0.39 is 11.7 Å². The Balaban J connectivity index is 1.32. The first kappa shape index (κ1) is 19.5. The van der Waals surface area contributed by atoms with Crippen LogP contribution in [-0.4, -0.2) is 31.1 Å². The highest BCUT2D eigenvalue weighted by Gasteiger charge is 2.30. The highest BCUT2D eigenvalue weighted by molar-refractivity contribution is 5.66. The largest absolute Gasteiger partial charge is 0.416 e. The van der Waals surface area contributed by atoms with Crippen molar-refractivity contribution in [3.8, 4) is 11.1 Å². The van der Waals surface area contributed by atoms with E-state index >= 15 is 0 Å². The standard InChI is InChI=1S/C24H23F3N2/c25-24(26,27)22-10-6-19(7-11-22)18-28-14-16-29(17-15-28)23-12-8-21(9-13-23)20-4-2-1-3-5-20/h1-13H,14-18H2. The molecule has 0 radical (unpaired) electrons. The second kappa shape index (κ2) is 8.29. The molecule has 1 aliphatic rings. The van der Waals surface area contributed by atoms with Crippen molar-refractivity contribution in [1.82, 2.24) is 4.90 Å². The minimum absolute atomic E-state index is 0.593. The molecule has 3 aromatic rings. The first-order valence-corrected chi connectivity index (χ1v) is 9.78. The lowest BCUT2D eigenvalue weighted by Gasteiger charge is -2.36. The molecule has 1 saturated heterocycles. The van der Waals surface area contributed by atoms with Gasteiger partial charge in [-0.2, -0.15) is 13.2 Å². The van der Waals surface area contributed by atoms with E-state index in [-0.39, 0.29) is 0 Å². The van der Waals surface area contributed by atoms with Crippen molar-refractivity contribution in [1.29, 1.82) is 0 Å². The molecule has 150 valence electrons. The Morgan fingerprint density at radius 2 is 1.24 bits per heavy atom. The number of benzene rings is 3. The lowest BCUT2D eigenvalue weighted by molar-refractivity contribution is -0.137. The molecule has 0 aliphatic carbocycles. The minimum atomic E-state index is -4.28. The lowest BCUT2D eigenvalue weighted by Crippen LogP contribution is -2.45. The molecule has 0 unspecified atom stereocenters.